The number of sulfonamides is 1. The van der Waals surface area contributed by atoms with Gasteiger partial charge < -0.3 is 21.9 Å². The van der Waals surface area contributed by atoms with E-state index in [4.69, 9.17) is 45.1 Å². The molecule has 0 aliphatic carbocycles. The number of anilines is 1. The highest BCUT2D eigenvalue weighted by Gasteiger charge is 2.32. The molecule has 0 saturated heterocycles. The van der Waals surface area contributed by atoms with E-state index in [1.807, 2.05) is 0 Å². The van der Waals surface area contributed by atoms with Crippen molar-refractivity contribution in [3.05, 3.63) is 82.3 Å². The van der Waals surface area contributed by atoms with Gasteiger partial charge in [0.05, 0.1) is 16.3 Å². The second-order valence-corrected chi connectivity index (χ2v) is 10.1. The number of nitrogens with zero attached hydrogens (tertiary/aromatic N) is 2. The van der Waals surface area contributed by atoms with Crippen molar-refractivity contribution < 1.29 is 22.7 Å². The normalized spacial score (nSPS) is 11.9. The van der Waals surface area contributed by atoms with E-state index in [-0.39, 0.29) is 43.6 Å². The fourth-order valence-corrected chi connectivity index (χ4v) is 5.12. The molecule has 0 radical (unpaired) electrons. The molecule has 6 N–H and O–H groups in total. The van der Waals surface area contributed by atoms with Gasteiger partial charge in [0, 0.05) is 15.6 Å². The lowest BCUT2D eigenvalue weighted by atomic mass is 10.2. The number of carbonyl (C=O) groups is 2. The third-order valence-corrected chi connectivity index (χ3v) is 6.70. The number of carbonyl (C=O) groups excluding carboxylic acids is 2. The molecule has 0 aromatic heterocycles. The molecule has 13 heteroatoms. The van der Waals surface area contributed by atoms with Crippen LogP contribution < -0.4 is 26.2 Å². The summed E-state index contributed by atoms with van der Waals surface area (Å²) in [5.41, 5.74) is 16.5. The maximum absolute atomic E-state index is 13.7. The molecule has 3 rings (SSSR count). The summed E-state index contributed by atoms with van der Waals surface area (Å²) in [5, 5.41) is 0.114. The molecule has 0 bridgehead atoms. The van der Waals surface area contributed by atoms with Crippen molar-refractivity contribution in [1.82, 2.24) is 0 Å². The molecule has 0 unspecified atom stereocenters. The summed E-state index contributed by atoms with van der Waals surface area (Å²) in [4.78, 5) is 28.9. The summed E-state index contributed by atoms with van der Waals surface area (Å²) in [5.74, 6) is -1.74. The van der Waals surface area contributed by atoms with Gasteiger partial charge in [-0.15, -0.1) is 0 Å². The molecule has 0 aliphatic rings. The van der Waals surface area contributed by atoms with Crippen LogP contribution in [-0.2, 0) is 14.8 Å². The minimum atomic E-state index is -4.53. The van der Waals surface area contributed by atoms with Crippen LogP contribution in [0.4, 0.5) is 11.4 Å². The van der Waals surface area contributed by atoms with E-state index in [2.05, 4.69) is 4.99 Å². The zero-order valence-electron chi connectivity index (χ0n) is 18.8. The van der Waals surface area contributed by atoms with Crippen molar-refractivity contribution in [2.75, 3.05) is 4.31 Å². The van der Waals surface area contributed by atoms with Gasteiger partial charge in [0.2, 0.25) is 0 Å². The first-order valence-corrected chi connectivity index (χ1v) is 12.4. The molecular weight excluding hydrogens is 529 g/mol. The van der Waals surface area contributed by atoms with Crippen LogP contribution >= 0.6 is 23.2 Å². The minimum Gasteiger partial charge on any atom is -0.425 e. The first-order valence-electron chi connectivity index (χ1n) is 10.2. The average Bonchev–Trinajstić information content (AvgIpc) is 2.79. The van der Waals surface area contributed by atoms with Crippen LogP contribution in [0.1, 0.15) is 17.3 Å². The molecule has 0 fully saturated rings. The number of benzene rings is 3. The Morgan fingerprint density at radius 3 is 2.14 bits per heavy atom. The Hall–Kier alpha value is -3.64. The van der Waals surface area contributed by atoms with E-state index < -0.39 is 27.9 Å². The number of guanidine groups is 1. The number of halogens is 2. The van der Waals surface area contributed by atoms with Crippen LogP contribution in [0.2, 0.25) is 10.0 Å². The molecule has 36 heavy (non-hydrogen) atoms. The van der Waals surface area contributed by atoms with E-state index in [0.29, 0.717) is 4.31 Å². The van der Waals surface area contributed by atoms with Gasteiger partial charge in [0.15, 0.2) is 5.96 Å². The zero-order valence-corrected chi connectivity index (χ0v) is 21.1. The fourth-order valence-electron chi connectivity index (χ4n) is 2.98. The molecule has 0 heterocycles. The van der Waals surface area contributed by atoms with Crippen LogP contribution in [0.5, 0.6) is 5.75 Å². The van der Waals surface area contributed by atoms with Gasteiger partial charge in [-0.3, -0.25) is 4.79 Å². The molecule has 188 valence electrons. The Bertz CT molecular complexity index is 1420. The predicted molar refractivity (Wildman–Crippen MR) is 138 cm³/mol. The highest BCUT2D eigenvalue weighted by molar-refractivity contribution is 7.93. The quantitative estimate of drug-likeness (QED) is 0.174. The van der Waals surface area contributed by atoms with Crippen molar-refractivity contribution in [3.8, 4) is 5.75 Å². The summed E-state index contributed by atoms with van der Waals surface area (Å²) < 4.78 is 33.1. The Labute approximate surface area is 217 Å². The van der Waals surface area contributed by atoms with E-state index in [9.17, 15) is 18.0 Å². The standard InChI is InChI=1S/C23H21Cl2N5O5S/c1-13(26)22(32)35-19-7-5-18(6-8-19)30(36(33,34)20-11-15(24)10-16(25)12-20)21(31)14-3-2-4-17(9-14)29-23(27)28/h2-13H,26H2,1H3,(H4,27,28,29)/t13-/m0/s1. The second kappa shape index (κ2) is 11.0. The molecule has 3 aromatic rings. The van der Waals surface area contributed by atoms with Crippen LogP contribution in [0.3, 0.4) is 0 Å². The average molecular weight is 550 g/mol. The smallest absolute Gasteiger partial charge is 0.328 e. The number of rotatable bonds is 7. The van der Waals surface area contributed by atoms with E-state index in [1.54, 1.807) is 0 Å². The number of nitrogens with two attached hydrogens (primary N) is 3. The molecule has 0 saturated carbocycles. The molecule has 0 aliphatic heterocycles. The number of amides is 1. The fraction of sp³-hybridized carbons (Fsp3) is 0.0870. The zero-order chi connectivity index (χ0) is 26.6. The molecule has 1 atom stereocenters. The van der Waals surface area contributed by atoms with E-state index >= 15 is 0 Å². The summed E-state index contributed by atoms with van der Waals surface area (Å²) in [6, 6.07) is 13.8. The molecule has 1 amide bonds. The lowest BCUT2D eigenvalue weighted by molar-refractivity contribution is -0.135. The van der Waals surface area contributed by atoms with Gasteiger partial charge in [-0.25, -0.2) is 18.2 Å². The summed E-state index contributed by atoms with van der Waals surface area (Å²) >= 11 is 12.0. The van der Waals surface area contributed by atoms with Crippen molar-refractivity contribution in [2.24, 2.45) is 22.2 Å². The number of hydrogen-bond acceptors (Lipinski definition) is 7. The Balaban J connectivity index is 2.13. The molecule has 3 aromatic carbocycles. The maximum Gasteiger partial charge on any atom is 0.328 e. The number of ether oxygens (including phenoxy) is 1. The SMILES string of the molecule is C[C@H](N)C(=O)Oc1ccc(N(C(=O)c2cccc(N=C(N)N)c2)S(=O)(=O)c2cc(Cl)cc(Cl)c2)cc1. The summed E-state index contributed by atoms with van der Waals surface area (Å²) in [6.45, 7) is 1.45. The largest absolute Gasteiger partial charge is 0.425 e. The summed E-state index contributed by atoms with van der Waals surface area (Å²) in [6.07, 6.45) is 0. The van der Waals surface area contributed by atoms with Crippen LogP contribution in [0.15, 0.2) is 76.6 Å². The van der Waals surface area contributed by atoms with Gasteiger partial charge >= 0.3 is 5.97 Å². The van der Waals surface area contributed by atoms with Gasteiger partial charge in [-0.2, -0.15) is 4.31 Å². The highest BCUT2D eigenvalue weighted by Crippen LogP contribution is 2.31. The first kappa shape index (κ1) is 27.0. The Morgan fingerprint density at radius 1 is 0.972 bits per heavy atom. The number of hydrogen-bond donors (Lipinski definition) is 3. The Morgan fingerprint density at radius 2 is 1.58 bits per heavy atom. The van der Waals surface area contributed by atoms with Gasteiger partial charge in [-0.1, -0.05) is 29.3 Å². The highest BCUT2D eigenvalue weighted by atomic mass is 35.5. The molecule has 0 spiro atoms. The lowest BCUT2D eigenvalue weighted by Gasteiger charge is -2.23. The number of esters is 1. The van der Waals surface area contributed by atoms with Gasteiger partial charge in [0.25, 0.3) is 15.9 Å². The minimum absolute atomic E-state index is 0.0262. The van der Waals surface area contributed by atoms with Crippen molar-refractivity contribution in [2.45, 2.75) is 17.9 Å². The van der Waals surface area contributed by atoms with Crippen LogP contribution in [0.25, 0.3) is 0 Å². The topological polar surface area (TPSA) is 171 Å². The number of aliphatic imine (C=N–C) groups is 1. The molecular formula is C23H21Cl2N5O5S. The Kier molecular flexibility index (Phi) is 8.21. The van der Waals surface area contributed by atoms with Crippen LogP contribution in [-0.4, -0.2) is 32.3 Å². The van der Waals surface area contributed by atoms with Crippen molar-refractivity contribution >= 4 is 62.4 Å². The third-order valence-electron chi connectivity index (χ3n) is 4.57. The van der Waals surface area contributed by atoms with E-state index in [0.717, 1.165) is 12.1 Å². The predicted octanol–water partition coefficient (Wildman–Crippen LogP) is 3.19. The first-order chi connectivity index (χ1) is 16.9. The van der Waals surface area contributed by atoms with Gasteiger partial charge in [-0.05, 0) is 67.6 Å². The van der Waals surface area contributed by atoms with E-state index in [1.165, 1.54) is 61.5 Å². The lowest BCUT2D eigenvalue weighted by Crippen LogP contribution is -2.37. The van der Waals surface area contributed by atoms with Crippen molar-refractivity contribution in [1.29, 1.82) is 0 Å². The summed E-state index contributed by atoms with van der Waals surface area (Å²) in [7, 11) is -4.53. The third kappa shape index (κ3) is 6.32. The van der Waals surface area contributed by atoms with Crippen molar-refractivity contribution in [3.63, 3.8) is 0 Å². The molecule has 10 nitrogen and oxygen atoms in total. The second-order valence-electron chi connectivity index (χ2n) is 7.47. The maximum atomic E-state index is 13.7. The van der Waals surface area contributed by atoms with Gasteiger partial charge in [0.1, 0.15) is 11.8 Å². The van der Waals surface area contributed by atoms with Crippen LogP contribution in [0, 0.1) is 0 Å². The monoisotopic (exact) mass is 549 g/mol.